The van der Waals surface area contributed by atoms with E-state index in [0.29, 0.717) is 5.75 Å². The van der Waals surface area contributed by atoms with E-state index in [4.69, 9.17) is 9.47 Å². The van der Waals surface area contributed by atoms with Crippen molar-refractivity contribution < 1.29 is 19.4 Å². The van der Waals surface area contributed by atoms with Gasteiger partial charge >= 0.3 is 5.97 Å². The van der Waals surface area contributed by atoms with Crippen molar-refractivity contribution in [3.8, 4) is 11.5 Å². The highest BCUT2D eigenvalue weighted by Crippen LogP contribution is 2.24. The second-order valence-corrected chi connectivity index (χ2v) is 4.73. The third kappa shape index (κ3) is 5.51. The first-order chi connectivity index (χ1) is 9.69. The Bertz CT molecular complexity index is 403. The van der Waals surface area contributed by atoms with Gasteiger partial charge in [-0.2, -0.15) is 0 Å². The number of para-hydroxylation sites is 2. The van der Waals surface area contributed by atoms with Crippen LogP contribution in [0, 0.1) is 5.92 Å². The van der Waals surface area contributed by atoms with Gasteiger partial charge in [0.1, 0.15) is 13.2 Å². The Kier molecular flexibility index (Phi) is 7.55. The quantitative estimate of drug-likeness (QED) is 0.555. The van der Waals surface area contributed by atoms with Gasteiger partial charge in [-0.25, -0.2) is 0 Å². The highest BCUT2D eigenvalue weighted by Gasteiger charge is 2.17. The molecule has 0 saturated heterocycles. The smallest absolute Gasteiger partial charge is 0.309 e. The van der Waals surface area contributed by atoms with Crippen molar-refractivity contribution in [1.82, 2.24) is 0 Å². The molecule has 0 aromatic heterocycles. The van der Waals surface area contributed by atoms with Gasteiger partial charge in [-0.1, -0.05) is 38.8 Å². The zero-order valence-corrected chi connectivity index (χ0v) is 12.3. The van der Waals surface area contributed by atoms with E-state index in [9.17, 15) is 9.90 Å². The van der Waals surface area contributed by atoms with Crippen LogP contribution in [0.5, 0.6) is 11.5 Å². The lowest BCUT2D eigenvalue weighted by molar-refractivity contribution is -0.149. The van der Waals surface area contributed by atoms with Gasteiger partial charge in [-0.15, -0.1) is 0 Å². The third-order valence-electron chi connectivity index (χ3n) is 3.18. The molecule has 0 spiro atoms. The van der Waals surface area contributed by atoms with Crippen LogP contribution in [0.25, 0.3) is 0 Å². The van der Waals surface area contributed by atoms with E-state index in [1.807, 2.05) is 6.92 Å². The lowest BCUT2D eigenvalue weighted by atomic mass is 10.00. The Morgan fingerprint density at radius 1 is 1.25 bits per heavy atom. The van der Waals surface area contributed by atoms with Crippen molar-refractivity contribution in [2.75, 3.05) is 13.2 Å². The van der Waals surface area contributed by atoms with E-state index in [1.54, 1.807) is 24.3 Å². The number of benzene rings is 1. The molecule has 1 aromatic rings. The van der Waals surface area contributed by atoms with Crippen molar-refractivity contribution in [3.63, 3.8) is 0 Å². The predicted molar refractivity (Wildman–Crippen MR) is 77.9 cm³/mol. The first-order valence-corrected chi connectivity index (χ1v) is 7.26. The van der Waals surface area contributed by atoms with Gasteiger partial charge in [-0.05, 0) is 25.0 Å². The summed E-state index contributed by atoms with van der Waals surface area (Å²) in [4.78, 5) is 11.8. The fourth-order valence-electron chi connectivity index (χ4n) is 1.93. The second kappa shape index (κ2) is 9.23. The summed E-state index contributed by atoms with van der Waals surface area (Å²) < 4.78 is 10.6. The summed E-state index contributed by atoms with van der Waals surface area (Å²) in [7, 11) is 0. The van der Waals surface area contributed by atoms with Crippen LogP contribution in [0.3, 0.4) is 0 Å². The Morgan fingerprint density at radius 3 is 2.65 bits per heavy atom. The molecule has 0 radical (unpaired) electrons. The number of aromatic hydroxyl groups is 1. The van der Waals surface area contributed by atoms with Gasteiger partial charge < -0.3 is 14.6 Å². The van der Waals surface area contributed by atoms with Crippen molar-refractivity contribution in [3.05, 3.63) is 24.3 Å². The summed E-state index contributed by atoms with van der Waals surface area (Å²) in [6, 6.07) is 6.73. The van der Waals surface area contributed by atoms with E-state index >= 15 is 0 Å². The monoisotopic (exact) mass is 280 g/mol. The summed E-state index contributed by atoms with van der Waals surface area (Å²) in [6.07, 6.45) is 3.81. The average molecular weight is 280 g/mol. The Labute approximate surface area is 120 Å². The van der Waals surface area contributed by atoms with E-state index in [2.05, 4.69) is 6.92 Å². The minimum Gasteiger partial charge on any atom is -0.504 e. The van der Waals surface area contributed by atoms with E-state index in [0.717, 1.165) is 25.7 Å². The SMILES string of the molecule is CCCCC(CC)C(=O)OCCOc1ccccc1O. The summed E-state index contributed by atoms with van der Waals surface area (Å²) in [5.41, 5.74) is 0. The molecule has 0 aliphatic heterocycles. The highest BCUT2D eigenvalue weighted by molar-refractivity contribution is 5.72. The minimum absolute atomic E-state index is 0.0138. The molecule has 1 atom stereocenters. The van der Waals surface area contributed by atoms with Crippen molar-refractivity contribution in [2.45, 2.75) is 39.5 Å². The largest absolute Gasteiger partial charge is 0.504 e. The van der Waals surface area contributed by atoms with E-state index in [-0.39, 0.29) is 30.9 Å². The van der Waals surface area contributed by atoms with E-state index < -0.39 is 0 Å². The normalized spacial score (nSPS) is 11.9. The molecule has 0 saturated carbocycles. The number of hydrogen-bond acceptors (Lipinski definition) is 4. The first kappa shape index (κ1) is 16.3. The number of hydrogen-bond donors (Lipinski definition) is 1. The summed E-state index contributed by atoms with van der Waals surface area (Å²) in [5, 5.41) is 9.51. The molecular formula is C16H24O4. The Balaban J connectivity index is 2.26. The lowest BCUT2D eigenvalue weighted by Crippen LogP contribution is -2.20. The van der Waals surface area contributed by atoms with Crippen LogP contribution in [0.2, 0.25) is 0 Å². The van der Waals surface area contributed by atoms with Crippen LogP contribution < -0.4 is 4.74 Å². The van der Waals surface area contributed by atoms with Crippen molar-refractivity contribution in [1.29, 1.82) is 0 Å². The maximum absolute atomic E-state index is 11.8. The molecule has 20 heavy (non-hydrogen) atoms. The fraction of sp³-hybridized carbons (Fsp3) is 0.562. The zero-order valence-electron chi connectivity index (χ0n) is 12.3. The van der Waals surface area contributed by atoms with Gasteiger partial charge in [0, 0.05) is 0 Å². The van der Waals surface area contributed by atoms with Crippen LogP contribution in [-0.4, -0.2) is 24.3 Å². The van der Waals surface area contributed by atoms with Gasteiger partial charge in [0.05, 0.1) is 5.92 Å². The molecule has 0 bridgehead atoms. The summed E-state index contributed by atoms with van der Waals surface area (Å²) in [6.45, 7) is 4.56. The number of ether oxygens (including phenoxy) is 2. The molecule has 1 N–H and O–H groups in total. The zero-order chi connectivity index (χ0) is 14.8. The van der Waals surface area contributed by atoms with Crippen LogP contribution in [0.4, 0.5) is 0 Å². The lowest BCUT2D eigenvalue weighted by Gasteiger charge is -2.14. The first-order valence-electron chi connectivity index (χ1n) is 7.26. The molecule has 0 aliphatic carbocycles. The average Bonchev–Trinajstić information content (AvgIpc) is 2.46. The summed E-state index contributed by atoms with van der Waals surface area (Å²) >= 11 is 0. The number of phenolic OH excluding ortho intramolecular Hbond substituents is 1. The van der Waals surface area contributed by atoms with Crippen LogP contribution in [-0.2, 0) is 9.53 Å². The highest BCUT2D eigenvalue weighted by atomic mass is 16.6. The third-order valence-corrected chi connectivity index (χ3v) is 3.18. The Morgan fingerprint density at radius 2 is 2.00 bits per heavy atom. The topological polar surface area (TPSA) is 55.8 Å². The fourth-order valence-corrected chi connectivity index (χ4v) is 1.93. The molecule has 0 aliphatic rings. The number of carbonyl (C=O) groups is 1. The number of esters is 1. The summed E-state index contributed by atoms with van der Waals surface area (Å²) in [5.74, 6) is 0.330. The molecule has 1 rings (SSSR count). The van der Waals surface area contributed by atoms with Crippen molar-refractivity contribution >= 4 is 5.97 Å². The number of carbonyl (C=O) groups excluding carboxylic acids is 1. The molecule has 0 heterocycles. The van der Waals surface area contributed by atoms with Gasteiger partial charge in [-0.3, -0.25) is 4.79 Å². The molecular weight excluding hydrogens is 256 g/mol. The number of rotatable bonds is 9. The number of unbranched alkanes of at least 4 members (excludes halogenated alkanes) is 1. The van der Waals surface area contributed by atoms with Gasteiger partial charge in [0.15, 0.2) is 11.5 Å². The standard InChI is InChI=1S/C16H24O4/c1-3-5-8-13(4-2)16(18)20-12-11-19-15-10-7-6-9-14(15)17/h6-7,9-10,13,17H,3-5,8,11-12H2,1-2H3. The molecule has 1 aromatic carbocycles. The Hall–Kier alpha value is -1.71. The van der Waals surface area contributed by atoms with Crippen LogP contribution in [0.15, 0.2) is 24.3 Å². The second-order valence-electron chi connectivity index (χ2n) is 4.73. The molecule has 112 valence electrons. The van der Waals surface area contributed by atoms with Crippen LogP contribution >= 0.6 is 0 Å². The molecule has 1 unspecified atom stereocenters. The predicted octanol–water partition coefficient (Wildman–Crippen LogP) is 3.53. The molecule has 0 fully saturated rings. The maximum atomic E-state index is 11.8. The van der Waals surface area contributed by atoms with Gasteiger partial charge in [0.25, 0.3) is 0 Å². The van der Waals surface area contributed by atoms with Crippen LogP contribution in [0.1, 0.15) is 39.5 Å². The molecule has 4 heteroatoms. The number of phenols is 1. The molecule has 4 nitrogen and oxygen atoms in total. The maximum Gasteiger partial charge on any atom is 0.309 e. The van der Waals surface area contributed by atoms with Crippen molar-refractivity contribution in [2.24, 2.45) is 5.92 Å². The van der Waals surface area contributed by atoms with E-state index in [1.165, 1.54) is 0 Å². The minimum atomic E-state index is -0.151. The molecule has 0 amide bonds. The van der Waals surface area contributed by atoms with Gasteiger partial charge in [0.2, 0.25) is 0 Å².